The van der Waals surface area contributed by atoms with Crippen LogP contribution in [0.25, 0.3) is 0 Å². The molecule has 4 atom stereocenters. The van der Waals surface area contributed by atoms with Crippen molar-refractivity contribution in [3.63, 3.8) is 0 Å². The number of fused-ring (bicyclic) bond motifs is 5. The highest BCUT2D eigenvalue weighted by Gasteiger charge is 2.63. The molecule has 3 nitrogen and oxygen atoms in total. The molecule has 30 heavy (non-hydrogen) atoms. The van der Waals surface area contributed by atoms with Gasteiger partial charge in [0.25, 0.3) is 0 Å². The SMILES string of the molecule is Cc1ccc(N2C(=O)[C@@H]3[C@H](C2=O)[C@H]2C=C[C@@H]3C2=C2C3CC4CC(C3)CC2C4)cc1Cl. The smallest absolute Gasteiger partial charge is 0.238 e. The molecule has 0 radical (unpaired) electrons. The lowest BCUT2D eigenvalue weighted by Gasteiger charge is -2.52. The lowest BCUT2D eigenvalue weighted by Crippen LogP contribution is -2.41. The van der Waals surface area contributed by atoms with Crippen LogP contribution >= 0.6 is 11.6 Å². The fourth-order valence-electron chi connectivity index (χ4n) is 8.29. The van der Waals surface area contributed by atoms with Crippen LogP contribution in [-0.4, -0.2) is 11.8 Å². The van der Waals surface area contributed by atoms with Crippen LogP contribution in [0.2, 0.25) is 5.02 Å². The van der Waals surface area contributed by atoms with Crippen LogP contribution in [0.4, 0.5) is 5.69 Å². The molecule has 154 valence electrons. The number of hydrogen-bond donors (Lipinski definition) is 0. The van der Waals surface area contributed by atoms with Crippen LogP contribution in [0.3, 0.4) is 0 Å². The van der Waals surface area contributed by atoms with Gasteiger partial charge in [0.05, 0.1) is 17.5 Å². The molecule has 2 amide bonds. The number of imide groups is 1. The molecular formula is C26H26ClNO2. The highest BCUT2D eigenvalue weighted by molar-refractivity contribution is 6.32. The minimum atomic E-state index is -0.215. The summed E-state index contributed by atoms with van der Waals surface area (Å²) in [7, 11) is 0. The van der Waals surface area contributed by atoms with Crippen molar-refractivity contribution in [1.29, 1.82) is 0 Å². The molecule has 1 aromatic carbocycles. The van der Waals surface area contributed by atoms with Crippen LogP contribution in [-0.2, 0) is 9.59 Å². The summed E-state index contributed by atoms with van der Waals surface area (Å²) in [6.45, 7) is 1.93. The molecule has 1 saturated heterocycles. The average molecular weight is 420 g/mol. The van der Waals surface area contributed by atoms with Crippen molar-refractivity contribution in [3.05, 3.63) is 52.1 Å². The van der Waals surface area contributed by atoms with Gasteiger partial charge in [0.2, 0.25) is 11.8 Å². The summed E-state index contributed by atoms with van der Waals surface area (Å²) in [5.74, 6) is 3.08. The summed E-state index contributed by atoms with van der Waals surface area (Å²) in [6, 6.07) is 5.51. The number of benzene rings is 1. The van der Waals surface area contributed by atoms with Gasteiger partial charge in [-0.15, -0.1) is 0 Å². The third-order valence-corrected chi connectivity index (χ3v) is 9.59. The van der Waals surface area contributed by atoms with Gasteiger partial charge in [-0.2, -0.15) is 0 Å². The van der Waals surface area contributed by atoms with Crippen molar-refractivity contribution in [3.8, 4) is 0 Å². The van der Waals surface area contributed by atoms with Crippen LogP contribution in [0, 0.1) is 54.3 Å². The van der Waals surface area contributed by atoms with Gasteiger partial charge in [-0.3, -0.25) is 9.59 Å². The molecule has 4 heteroatoms. The fraction of sp³-hybridized carbons (Fsp3) is 0.538. The molecule has 6 fully saturated rings. The van der Waals surface area contributed by atoms with E-state index < -0.39 is 0 Å². The number of anilines is 1. The first-order valence-corrected chi connectivity index (χ1v) is 11.9. The highest BCUT2D eigenvalue weighted by Crippen LogP contribution is 2.63. The van der Waals surface area contributed by atoms with E-state index in [4.69, 9.17) is 11.6 Å². The number of hydrogen-bond acceptors (Lipinski definition) is 2. The molecule has 5 saturated carbocycles. The van der Waals surface area contributed by atoms with Gasteiger partial charge >= 0.3 is 0 Å². The second-order valence-corrected chi connectivity index (χ2v) is 11.1. The van der Waals surface area contributed by atoms with E-state index in [0.717, 1.165) is 29.2 Å². The number of aryl methyl sites for hydroxylation is 1. The minimum Gasteiger partial charge on any atom is -0.274 e. The number of allylic oxidation sites excluding steroid dienone is 4. The van der Waals surface area contributed by atoms with Crippen molar-refractivity contribution in [1.82, 2.24) is 0 Å². The highest BCUT2D eigenvalue weighted by atomic mass is 35.5. The third-order valence-electron chi connectivity index (χ3n) is 9.18. The number of amides is 2. The average Bonchev–Trinajstić information content (AvgIpc) is 3.33. The summed E-state index contributed by atoms with van der Waals surface area (Å²) < 4.78 is 0. The number of nitrogens with zero attached hydrogens (tertiary/aromatic N) is 1. The van der Waals surface area contributed by atoms with Gasteiger partial charge in [0.1, 0.15) is 0 Å². The number of carbonyl (C=O) groups excluding carboxylic acids is 2. The summed E-state index contributed by atoms with van der Waals surface area (Å²) in [5.41, 5.74) is 4.75. The summed E-state index contributed by atoms with van der Waals surface area (Å²) >= 11 is 6.30. The third kappa shape index (κ3) is 2.12. The summed E-state index contributed by atoms with van der Waals surface area (Å²) in [4.78, 5) is 28.5. The number of halogens is 1. The molecular weight excluding hydrogens is 394 g/mol. The lowest BCUT2D eigenvalue weighted by atomic mass is 9.53. The van der Waals surface area contributed by atoms with Gasteiger partial charge in [0, 0.05) is 16.9 Å². The Kier molecular flexibility index (Phi) is 3.48. The predicted molar refractivity (Wildman–Crippen MR) is 116 cm³/mol. The van der Waals surface area contributed by atoms with Crippen LogP contribution in [0.5, 0.6) is 0 Å². The van der Waals surface area contributed by atoms with Crippen molar-refractivity contribution in [2.45, 2.75) is 39.0 Å². The van der Waals surface area contributed by atoms with Crippen molar-refractivity contribution in [2.24, 2.45) is 47.3 Å². The van der Waals surface area contributed by atoms with Crippen molar-refractivity contribution >= 4 is 29.1 Å². The topological polar surface area (TPSA) is 37.4 Å². The van der Waals surface area contributed by atoms with Gasteiger partial charge in [-0.05, 0) is 80.4 Å². The van der Waals surface area contributed by atoms with E-state index in [0.29, 0.717) is 10.7 Å². The Bertz CT molecular complexity index is 1000. The van der Waals surface area contributed by atoms with E-state index in [1.807, 2.05) is 19.1 Å². The predicted octanol–water partition coefficient (Wildman–Crippen LogP) is 5.32. The molecule has 6 aliphatic carbocycles. The second-order valence-electron chi connectivity index (χ2n) is 10.6. The molecule has 0 unspecified atom stereocenters. The molecule has 7 aliphatic rings. The Labute approximate surface area is 182 Å². The van der Waals surface area contributed by atoms with E-state index in [2.05, 4.69) is 12.2 Å². The molecule has 0 aromatic heterocycles. The minimum absolute atomic E-state index is 0.0244. The largest absolute Gasteiger partial charge is 0.274 e. The fourth-order valence-corrected chi connectivity index (χ4v) is 8.46. The van der Waals surface area contributed by atoms with Crippen LogP contribution in [0.15, 0.2) is 41.5 Å². The first-order chi connectivity index (χ1) is 14.5. The molecule has 1 aromatic rings. The molecule has 8 rings (SSSR count). The Hall–Kier alpha value is -1.87. The van der Waals surface area contributed by atoms with Gasteiger partial charge in [0.15, 0.2) is 0 Å². The first kappa shape index (κ1) is 17.8. The summed E-state index contributed by atoms with van der Waals surface area (Å²) in [5, 5.41) is 0.600. The van der Waals surface area contributed by atoms with Gasteiger partial charge in [-0.1, -0.05) is 41.0 Å². The zero-order chi connectivity index (χ0) is 20.3. The molecule has 6 bridgehead atoms. The Morgan fingerprint density at radius 1 is 0.833 bits per heavy atom. The maximum absolute atomic E-state index is 13.5. The van der Waals surface area contributed by atoms with Crippen LogP contribution < -0.4 is 4.90 Å². The zero-order valence-corrected chi connectivity index (χ0v) is 17.9. The molecule has 1 aliphatic heterocycles. The summed E-state index contributed by atoms with van der Waals surface area (Å²) in [6.07, 6.45) is 11.3. The quantitative estimate of drug-likeness (QED) is 0.456. The van der Waals surface area contributed by atoms with E-state index in [1.165, 1.54) is 42.6 Å². The number of rotatable bonds is 1. The monoisotopic (exact) mass is 419 g/mol. The standard InChI is InChI=1S/C26H26ClNO2/c1-12-2-3-17(11-20(12)27)28-25(29)23-18-4-5-19(24(23)26(28)30)22(18)21-15-7-13-6-14(9-15)10-16(21)8-13/h2-5,11,13-16,18-19,23-24H,6-10H2,1H3/t13?,14?,15?,16?,18-,19+,23+,24-. The van der Waals surface area contributed by atoms with Gasteiger partial charge in [-0.25, -0.2) is 4.90 Å². The zero-order valence-electron chi connectivity index (χ0n) is 17.2. The lowest BCUT2D eigenvalue weighted by molar-refractivity contribution is -0.122. The first-order valence-electron chi connectivity index (χ1n) is 11.6. The van der Waals surface area contributed by atoms with Crippen molar-refractivity contribution in [2.75, 3.05) is 4.90 Å². The van der Waals surface area contributed by atoms with E-state index in [1.54, 1.807) is 11.6 Å². The van der Waals surface area contributed by atoms with E-state index >= 15 is 0 Å². The normalized spacial score (nSPS) is 42.8. The molecule has 0 N–H and O–H groups in total. The molecule has 0 spiro atoms. The number of carbonyl (C=O) groups is 2. The Morgan fingerprint density at radius 3 is 1.93 bits per heavy atom. The van der Waals surface area contributed by atoms with E-state index in [-0.39, 0.29) is 35.5 Å². The van der Waals surface area contributed by atoms with Crippen LogP contribution in [0.1, 0.15) is 37.7 Å². The second kappa shape index (κ2) is 5.88. The van der Waals surface area contributed by atoms with Crippen molar-refractivity contribution < 1.29 is 9.59 Å². The molecule has 1 heterocycles. The Morgan fingerprint density at radius 2 is 1.40 bits per heavy atom. The van der Waals surface area contributed by atoms with E-state index in [9.17, 15) is 9.59 Å². The maximum Gasteiger partial charge on any atom is 0.238 e. The maximum atomic E-state index is 13.5. The Balaban J connectivity index is 1.28. The van der Waals surface area contributed by atoms with Gasteiger partial charge < -0.3 is 0 Å².